The second kappa shape index (κ2) is 8.90. The smallest absolute Gasteiger partial charge is 0.373 e. The summed E-state index contributed by atoms with van der Waals surface area (Å²) in [5.74, 6) is 0.721. The number of carbonyl (C=O) groups excluding carboxylic acids is 1. The van der Waals surface area contributed by atoms with Crippen LogP contribution < -0.4 is 0 Å². The van der Waals surface area contributed by atoms with Crippen molar-refractivity contribution in [1.29, 1.82) is 0 Å². The van der Waals surface area contributed by atoms with Crippen molar-refractivity contribution in [2.75, 3.05) is 20.2 Å². The van der Waals surface area contributed by atoms with Crippen LogP contribution in [0.15, 0.2) is 44.8 Å². The quantitative estimate of drug-likeness (QED) is 0.533. The summed E-state index contributed by atoms with van der Waals surface area (Å²) in [6.45, 7) is 1.14. The highest BCUT2D eigenvalue weighted by Gasteiger charge is 2.25. The Labute approximate surface area is 163 Å². The summed E-state index contributed by atoms with van der Waals surface area (Å²) >= 11 is 1.40. The maximum atomic E-state index is 12.7. The fraction of sp³-hybridized carbons (Fsp3) is 0.444. The average molecular weight is 411 g/mol. The van der Waals surface area contributed by atoms with Gasteiger partial charge >= 0.3 is 5.97 Å². The standard InChI is InChI=1S/C18H22N2O5S2/c1-24-18(21)16-8-6-14(25-16)13-26-17-9-7-15(12-19-17)27(22,23)20-10-4-2-3-5-11-20/h6-9,12H,2-5,10-11,13H2,1H3. The number of methoxy groups -OCH3 is 1. The van der Waals surface area contributed by atoms with Gasteiger partial charge in [-0.1, -0.05) is 24.6 Å². The summed E-state index contributed by atoms with van der Waals surface area (Å²) in [4.78, 5) is 15.9. The van der Waals surface area contributed by atoms with Crippen LogP contribution in [0.3, 0.4) is 0 Å². The maximum Gasteiger partial charge on any atom is 0.373 e. The zero-order valence-corrected chi connectivity index (χ0v) is 16.7. The summed E-state index contributed by atoms with van der Waals surface area (Å²) in [5, 5.41) is 0.681. The van der Waals surface area contributed by atoms with Crippen molar-refractivity contribution < 1.29 is 22.4 Å². The van der Waals surface area contributed by atoms with E-state index in [1.54, 1.807) is 28.6 Å². The topological polar surface area (TPSA) is 89.7 Å². The Morgan fingerprint density at radius 2 is 1.93 bits per heavy atom. The predicted molar refractivity (Wildman–Crippen MR) is 101 cm³/mol. The first-order chi connectivity index (χ1) is 13.0. The molecule has 7 nitrogen and oxygen atoms in total. The molecule has 3 rings (SSSR count). The zero-order valence-electron chi connectivity index (χ0n) is 15.1. The molecule has 1 aliphatic rings. The minimum atomic E-state index is -3.49. The number of sulfonamides is 1. The lowest BCUT2D eigenvalue weighted by Crippen LogP contribution is -2.32. The first kappa shape index (κ1) is 19.9. The molecular weight excluding hydrogens is 388 g/mol. The Balaban J connectivity index is 1.63. The SMILES string of the molecule is COC(=O)c1ccc(CSc2ccc(S(=O)(=O)N3CCCCCC3)cn2)o1. The van der Waals surface area contributed by atoms with Crippen LogP contribution in [0.4, 0.5) is 0 Å². The molecule has 2 aromatic heterocycles. The van der Waals surface area contributed by atoms with Crippen molar-refractivity contribution >= 4 is 27.8 Å². The maximum absolute atomic E-state index is 12.7. The highest BCUT2D eigenvalue weighted by atomic mass is 32.2. The normalized spacial score (nSPS) is 16.0. The predicted octanol–water partition coefficient (Wildman–Crippen LogP) is 3.32. The van der Waals surface area contributed by atoms with Crippen LogP contribution >= 0.6 is 11.8 Å². The third-order valence-corrected chi connectivity index (χ3v) is 7.17. The molecule has 0 saturated carbocycles. The molecule has 0 unspecified atom stereocenters. The van der Waals surface area contributed by atoms with Crippen molar-refractivity contribution in [3.05, 3.63) is 42.0 Å². The minimum absolute atomic E-state index is 0.153. The van der Waals surface area contributed by atoms with Crippen LogP contribution in [0.5, 0.6) is 0 Å². The molecule has 0 aromatic carbocycles. The average Bonchev–Trinajstić information content (AvgIpc) is 2.98. The second-order valence-electron chi connectivity index (χ2n) is 6.20. The van der Waals surface area contributed by atoms with Crippen molar-refractivity contribution in [3.63, 3.8) is 0 Å². The van der Waals surface area contributed by atoms with Gasteiger partial charge in [-0.15, -0.1) is 0 Å². The van der Waals surface area contributed by atoms with Gasteiger partial charge in [0.25, 0.3) is 0 Å². The monoisotopic (exact) mass is 410 g/mol. The molecular formula is C18H22N2O5S2. The Morgan fingerprint density at radius 3 is 2.56 bits per heavy atom. The lowest BCUT2D eigenvalue weighted by molar-refractivity contribution is 0.0563. The van der Waals surface area contributed by atoms with E-state index in [1.165, 1.54) is 25.1 Å². The summed E-state index contributed by atoms with van der Waals surface area (Å²) < 4.78 is 37.1. The second-order valence-corrected chi connectivity index (χ2v) is 9.13. The zero-order chi connectivity index (χ0) is 19.3. The van der Waals surface area contributed by atoms with Crippen molar-refractivity contribution in [2.24, 2.45) is 0 Å². The van der Waals surface area contributed by atoms with Crippen LogP contribution in [-0.2, 0) is 20.5 Å². The molecule has 146 valence electrons. The van der Waals surface area contributed by atoms with E-state index >= 15 is 0 Å². The number of rotatable bonds is 6. The molecule has 0 atom stereocenters. The van der Waals surface area contributed by atoms with Crippen LogP contribution in [0.2, 0.25) is 0 Å². The van der Waals surface area contributed by atoms with Gasteiger partial charge in [-0.05, 0) is 37.1 Å². The Hall–Kier alpha value is -1.84. The number of esters is 1. The van der Waals surface area contributed by atoms with Crippen molar-refractivity contribution in [3.8, 4) is 0 Å². The minimum Gasteiger partial charge on any atom is -0.463 e. The van der Waals surface area contributed by atoms with E-state index in [2.05, 4.69) is 9.72 Å². The number of carbonyl (C=O) groups is 1. The third kappa shape index (κ3) is 4.91. The van der Waals surface area contributed by atoms with E-state index in [4.69, 9.17) is 4.42 Å². The van der Waals surface area contributed by atoms with Crippen molar-refractivity contribution in [1.82, 2.24) is 9.29 Å². The Kier molecular flexibility index (Phi) is 6.56. The molecule has 0 N–H and O–H groups in total. The molecule has 1 aliphatic heterocycles. The van der Waals surface area contributed by atoms with E-state index in [0.29, 0.717) is 29.6 Å². The number of ether oxygens (including phenoxy) is 1. The first-order valence-corrected chi connectivity index (χ1v) is 11.2. The van der Waals surface area contributed by atoms with E-state index < -0.39 is 16.0 Å². The fourth-order valence-electron chi connectivity index (χ4n) is 2.85. The number of nitrogens with zero attached hydrogens (tertiary/aromatic N) is 2. The molecule has 0 spiro atoms. The Bertz CT molecular complexity index is 869. The van der Waals surface area contributed by atoms with Gasteiger partial charge in [-0.25, -0.2) is 18.2 Å². The van der Waals surface area contributed by atoms with Gasteiger partial charge in [0.05, 0.1) is 17.9 Å². The lowest BCUT2D eigenvalue weighted by Gasteiger charge is -2.19. The molecule has 1 fully saturated rings. The molecule has 0 bridgehead atoms. The van der Waals surface area contributed by atoms with Crippen LogP contribution in [-0.4, -0.2) is 43.9 Å². The Morgan fingerprint density at radius 1 is 1.19 bits per heavy atom. The molecule has 9 heteroatoms. The summed E-state index contributed by atoms with van der Waals surface area (Å²) in [5.41, 5.74) is 0. The highest BCUT2D eigenvalue weighted by molar-refractivity contribution is 7.98. The molecule has 27 heavy (non-hydrogen) atoms. The number of hydrogen-bond donors (Lipinski definition) is 0. The molecule has 1 saturated heterocycles. The number of thioether (sulfide) groups is 1. The number of pyridine rings is 1. The number of furan rings is 1. The molecule has 2 aromatic rings. The van der Waals surface area contributed by atoms with E-state index in [0.717, 1.165) is 25.7 Å². The van der Waals surface area contributed by atoms with Crippen LogP contribution in [0.1, 0.15) is 42.0 Å². The van der Waals surface area contributed by atoms with Gasteiger partial charge < -0.3 is 9.15 Å². The highest BCUT2D eigenvalue weighted by Crippen LogP contribution is 2.25. The van der Waals surface area contributed by atoms with E-state index in [-0.39, 0.29) is 10.7 Å². The summed E-state index contributed by atoms with van der Waals surface area (Å²) in [7, 11) is -2.19. The third-order valence-electron chi connectivity index (χ3n) is 4.32. The lowest BCUT2D eigenvalue weighted by atomic mass is 10.2. The molecule has 3 heterocycles. The van der Waals surface area contributed by atoms with Gasteiger partial charge in [0.15, 0.2) is 0 Å². The summed E-state index contributed by atoms with van der Waals surface area (Å²) in [6.07, 6.45) is 5.35. The fourth-order valence-corrected chi connectivity index (χ4v) is 5.05. The van der Waals surface area contributed by atoms with Crippen LogP contribution in [0, 0.1) is 0 Å². The summed E-state index contributed by atoms with van der Waals surface area (Å²) in [6, 6.07) is 6.56. The van der Waals surface area contributed by atoms with Crippen LogP contribution in [0.25, 0.3) is 0 Å². The largest absolute Gasteiger partial charge is 0.463 e. The number of hydrogen-bond acceptors (Lipinski definition) is 7. The van der Waals surface area contributed by atoms with Gasteiger partial charge in [0, 0.05) is 19.3 Å². The van der Waals surface area contributed by atoms with Gasteiger partial charge in [-0.2, -0.15) is 4.31 Å². The van der Waals surface area contributed by atoms with Gasteiger partial charge in [0.1, 0.15) is 10.7 Å². The van der Waals surface area contributed by atoms with Gasteiger partial charge in [0.2, 0.25) is 15.8 Å². The molecule has 0 aliphatic carbocycles. The first-order valence-electron chi connectivity index (χ1n) is 8.77. The number of aromatic nitrogens is 1. The molecule has 0 radical (unpaired) electrons. The molecule has 0 amide bonds. The van der Waals surface area contributed by atoms with E-state index in [9.17, 15) is 13.2 Å². The van der Waals surface area contributed by atoms with Gasteiger partial charge in [-0.3, -0.25) is 0 Å². The van der Waals surface area contributed by atoms with E-state index in [1.807, 2.05) is 0 Å². The van der Waals surface area contributed by atoms with Crippen molar-refractivity contribution in [2.45, 2.75) is 41.4 Å².